The maximum Gasteiger partial charge on any atom is 0.223 e. The van der Waals surface area contributed by atoms with Crippen LogP contribution in [0.5, 0.6) is 5.75 Å². The van der Waals surface area contributed by atoms with E-state index in [2.05, 4.69) is 5.32 Å². The van der Waals surface area contributed by atoms with Gasteiger partial charge < -0.3 is 15.2 Å². The van der Waals surface area contributed by atoms with E-state index >= 15 is 0 Å². The Kier molecular flexibility index (Phi) is 5.23. The second-order valence-electron chi connectivity index (χ2n) is 5.91. The van der Waals surface area contributed by atoms with Crippen molar-refractivity contribution in [3.05, 3.63) is 29.8 Å². The molecule has 1 aliphatic rings. The van der Waals surface area contributed by atoms with Crippen molar-refractivity contribution in [2.45, 2.75) is 57.1 Å². The first-order chi connectivity index (χ1) is 10.1. The highest BCUT2D eigenvalue weighted by Crippen LogP contribution is 2.32. The van der Waals surface area contributed by atoms with E-state index < -0.39 is 5.60 Å². The van der Waals surface area contributed by atoms with Gasteiger partial charge in [0, 0.05) is 0 Å². The van der Waals surface area contributed by atoms with Crippen LogP contribution in [0.25, 0.3) is 0 Å². The third kappa shape index (κ3) is 4.21. The molecule has 1 fully saturated rings. The van der Waals surface area contributed by atoms with Gasteiger partial charge >= 0.3 is 0 Å². The Labute approximate surface area is 126 Å². The lowest BCUT2D eigenvalue weighted by atomic mass is 9.96. The molecule has 0 saturated heterocycles. The average Bonchev–Trinajstić information content (AvgIpc) is 2.91. The number of amides is 1. The average molecular weight is 291 g/mol. The first-order valence-corrected chi connectivity index (χ1v) is 7.72. The molecule has 2 rings (SSSR count). The first kappa shape index (κ1) is 15.8. The van der Waals surface area contributed by atoms with E-state index in [1.807, 2.05) is 31.2 Å². The summed E-state index contributed by atoms with van der Waals surface area (Å²) in [5, 5.41) is 13.3. The number of nitrogens with one attached hydrogen (secondary N) is 1. The number of methoxy groups -OCH3 is 1. The molecule has 4 nitrogen and oxygen atoms in total. The molecule has 1 aliphatic carbocycles. The van der Waals surface area contributed by atoms with Gasteiger partial charge in [-0.05, 0) is 37.0 Å². The minimum Gasteiger partial charge on any atom is -0.497 e. The van der Waals surface area contributed by atoms with Crippen molar-refractivity contribution < 1.29 is 14.6 Å². The maximum atomic E-state index is 12.2. The Morgan fingerprint density at radius 2 is 1.95 bits per heavy atom. The number of carbonyl (C=O) groups is 1. The standard InChI is InChI=1S/C17H25NO3/c1-3-15(13-6-8-14(21-2)9-7-13)18-16(19)12-17(20)10-4-5-11-17/h6-9,15,20H,3-5,10-12H2,1-2H3,(H,18,19). The molecule has 0 heterocycles. The summed E-state index contributed by atoms with van der Waals surface area (Å²) in [5.74, 6) is 0.738. The zero-order chi connectivity index (χ0) is 15.3. The van der Waals surface area contributed by atoms with Gasteiger partial charge in [-0.15, -0.1) is 0 Å². The summed E-state index contributed by atoms with van der Waals surface area (Å²) in [6.07, 6.45) is 4.52. The van der Waals surface area contributed by atoms with Crippen LogP contribution >= 0.6 is 0 Å². The normalized spacial score (nSPS) is 18.2. The zero-order valence-corrected chi connectivity index (χ0v) is 12.9. The van der Waals surface area contributed by atoms with E-state index in [-0.39, 0.29) is 18.4 Å². The number of aliphatic hydroxyl groups is 1. The van der Waals surface area contributed by atoms with E-state index in [1.165, 1.54) is 0 Å². The fraction of sp³-hybridized carbons (Fsp3) is 0.588. The summed E-state index contributed by atoms with van der Waals surface area (Å²) in [5.41, 5.74) is 0.271. The Hall–Kier alpha value is -1.55. The van der Waals surface area contributed by atoms with Crippen molar-refractivity contribution in [3.63, 3.8) is 0 Å². The second-order valence-corrected chi connectivity index (χ2v) is 5.91. The number of ether oxygens (including phenoxy) is 1. The Morgan fingerprint density at radius 1 is 1.33 bits per heavy atom. The van der Waals surface area contributed by atoms with Gasteiger partial charge in [-0.25, -0.2) is 0 Å². The minimum absolute atomic E-state index is 0.0200. The number of hydrogen-bond donors (Lipinski definition) is 2. The van der Waals surface area contributed by atoms with Gasteiger partial charge in [0.1, 0.15) is 5.75 Å². The molecule has 1 unspecified atom stereocenters. The Bertz CT molecular complexity index is 463. The van der Waals surface area contributed by atoms with E-state index in [9.17, 15) is 9.90 Å². The summed E-state index contributed by atoms with van der Waals surface area (Å²) < 4.78 is 5.15. The summed E-state index contributed by atoms with van der Waals surface area (Å²) in [4.78, 5) is 12.2. The van der Waals surface area contributed by atoms with E-state index in [0.29, 0.717) is 0 Å². The predicted octanol–water partition coefficient (Wildman–Crippen LogP) is 2.96. The van der Waals surface area contributed by atoms with Crippen molar-refractivity contribution in [1.29, 1.82) is 0 Å². The lowest BCUT2D eigenvalue weighted by Gasteiger charge is -2.24. The van der Waals surface area contributed by atoms with Gasteiger partial charge in [-0.2, -0.15) is 0 Å². The lowest BCUT2D eigenvalue weighted by Crippen LogP contribution is -2.36. The third-order valence-electron chi connectivity index (χ3n) is 4.29. The second kappa shape index (κ2) is 6.94. The molecule has 0 aliphatic heterocycles. The first-order valence-electron chi connectivity index (χ1n) is 7.72. The molecule has 0 radical (unpaired) electrons. The van der Waals surface area contributed by atoms with Gasteiger partial charge in [0.15, 0.2) is 0 Å². The van der Waals surface area contributed by atoms with Crippen LogP contribution < -0.4 is 10.1 Å². The summed E-state index contributed by atoms with van der Waals surface area (Å²) >= 11 is 0. The molecule has 1 atom stereocenters. The Balaban J connectivity index is 1.95. The molecule has 1 amide bonds. The van der Waals surface area contributed by atoms with Gasteiger partial charge in [0.25, 0.3) is 0 Å². The molecule has 116 valence electrons. The van der Waals surface area contributed by atoms with Gasteiger partial charge in [0.05, 0.1) is 25.2 Å². The monoisotopic (exact) mass is 291 g/mol. The highest BCUT2D eigenvalue weighted by molar-refractivity contribution is 5.77. The molecular formula is C17H25NO3. The fourth-order valence-corrected chi connectivity index (χ4v) is 3.01. The molecular weight excluding hydrogens is 266 g/mol. The van der Waals surface area contributed by atoms with Crippen LogP contribution in [0, 0.1) is 0 Å². The van der Waals surface area contributed by atoms with Crippen LogP contribution in [0.3, 0.4) is 0 Å². The quantitative estimate of drug-likeness (QED) is 0.847. The molecule has 0 spiro atoms. The molecule has 1 saturated carbocycles. The molecule has 0 bridgehead atoms. The van der Waals surface area contributed by atoms with Crippen LogP contribution in [0.4, 0.5) is 0 Å². The predicted molar refractivity (Wildman–Crippen MR) is 82.2 cm³/mol. The summed E-state index contributed by atoms with van der Waals surface area (Å²) in [6.45, 7) is 2.04. The molecule has 4 heteroatoms. The number of rotatable bonds is 6. The van der Waals surface area contributed by atoms with E-state index in [4.69, 9.17) is 4.74 Å². The highest BCUT2D eigenvalue weighted by Gasteiger charge is 2.33. The summed E-state index contributed by atoms with van der Waals surface area (Å²) in [7, 11) is 1.64. The van der Waals surface area contributed by atoms with Crippen LogP contribution in [-0.2, 0) is 4.79 Å². The fourth-order valence-electron chi connectivity index (χ4n) is 3.01. The van der Waals surface area contributed by atoms with Gasteiger partial charge in [-0.3, -0.25) is 4.79 Å². The van der Waals surface area contributed by atoms with Crippen molar-refractivity contribution >= 4 is 5.91 Å². The van der Waals surface area contributed by atoms with Crippen molar-refractivity contribution in [2.24, 2.45) is 0 Å². The van der Waals surface area contributed by atoms with Crippen LogP contribution in [0.2, 0.25) is 0 Å². The highest BCUT2D eigenvalue weighted by atomic mass is 16.5. The van der Waals surface area contributed by atoms with E-state index in [0.717, 1.165) is 43.4 Å². The van der Waals surface area contributed by atoms with Crippen molar-refractivity contribution in [1.82, 2.24) is 5.32 Å². The van der Waals surface area contributed by atoms with Crippen molar-refractivity contribution in [2.75, 3.05) is 7.11 Å². The molecule has 0 aromatic heterocycles. The largest absolute Gasteiger partial charge is 0.497 e. The number of hydrogen-bond acceptors (Lipinski definition) is 3. The molecule has 1 aromatic carbocycles. The van der Waals surface area contributed by atoms with Crippen LogP contribution in [-0.4, -0.2) is 23.7 Å². The number of carbonyl (C=O) groups excluding carboxylic acids is 1. The van der Waals surface area contributed by atoms with Crippen molar-refractivity contribution in [3.8, 4) is 5.75 Å². The smallest absolute Gasteiger partial charge is 0.223 e. The minimum atomic E-state index is -0.789. The molecule has 1 aromatic rings. The third-order valence-corrected chi connectivity index (χ3v) is 4.29. The Morgan fingerprint density at radius 3 is 2.48 bits per heavy atom. The van der Waals surface area contributed by atoms with Crippen LogP contribution in [0.15, 0.2) is 24.3 Å². The molecule has 2 N–H and O–H groups in total. The van der Waals surface area contributed by atoms with Gasteiger partial charge in [0.2, 0.25) is 5.91 Å². The van der Waals surface area contributed by atoms with Gasteiger partial charge in [-0.1, -0.05) is 31.9 Å². The maximum absolute atomic E-state index is 12.2. The number of benzene rings is 1. The lowest BCUT2D eigenvalue weighted by molar-refractivity contribution is -0.126. The SMILES string of the molecule is CCC(NC(=O)CC1(O)CCCC1)c1ccc(OC)cc1. The topological polar surface area (TPSA) is 58.6 Å². The molecule has 21 heavy (non-hydrogen) atoms. The van der Waals surface area contributed by atoms with E-state index in [1.54, 1.807) is 7.11 Å². The zero-order valence-electron chi connectivity index (χ0n) is 12.9. The summed E-state index contributed by atoms with van der Waals surface area (Å²) in [6, 6.07) is 7.71. The van der Waals surface area contributed by atoms with Crippen LogP contribution in [0.1, 0.15) is 57.1 Å².